The summed E-state index contributed by atoms with van der Waals surface area (Å²) in [4.78, 5) is 5.45. The number of oxime groups is 1. The van der Waals surface area contributed by atoms with Gasteiger partial charge in [0, 0.05) is 28.3 Å². The average molecular weight is 637 g/mol. The smallest absolute Gasteiger partial charge is 0.175 e. The molecule has 10 heteroatoms. The number of nitrogens with zero attached hydrogens (tertiary/aromatic N) is 1. The fourth-order valence-corrected chi connectivity index (χ4v) is 7.17. The normalized spacial score (nSPS) is 25.2. The monoisotopic (exact) mass is 635 g/mol. The minimum absolute atomic E-state index is 0.0676. The van der Waals surface area contributed by atoms with Crippen LogP contribution >= 0.6 is 34.8 Å². The van der Waals surface area contributed by atoms with Crippen molar-refractivity contribution in [3.63, 3.8) is 0 Å². The molecule has 2 saturated carbocycles. The molecule has 3 aliphatic carbocycles. The van der Waals surface area contributed by atoms with Crippen molar-refractivity contribution < 1.29 is 23.1 Å². The maximum Gasteiger partial charge on any atom is 0.175 e. The lowest BCUT2D eigenvalue weighted by molar-refractivity contribution is -0.0836. The van der Waals surface area contributed by atoms with Crippen LogP contribution in [-0.2, 0) is 19.4 Å². The van der Waals surface area contributed by atoms with Gasteiger partial charge in [-0.1, -0.05) is 64.2 Å². The second-order valence-electron chi connectivity index (χ2n) is 11.0. The Morgan fingerprint density at radius 3 is 2.41 bits per heavy atom. The van der Waals surface area contributed by atoms with Crippen molar-refractivity contribution in [1.29, 1.82) is 0 Å². The summed E-state index contributed by atoms with van der Waals surface area (Å²) < 4.78 is 30.1. The number of ether oxygens (including phenoxy) is 1. The zero-order chi connectivity index (χ0) is 29.4. The standard InChI is InChI=1S/C31H32Cl3NO5S/c1-39-35-30(29-26(32)7-4-8-27(29)33)21(13-19-9-10-19)18-40-23-11-12-25(28(34)15-23)31(36)16-22(17-31)20-5-3-6-24(14-20)41(2,37)38/h3-8,11,13-15,19,22,25,36H,9-10,12,16-18H2,1-2H3/b21-13+,35-30+/t22-,25?,31+. The predicted molar refractivity (Wildman–Crippen MR) is 163 cm³/mol. The molecule has 5 rings (SSSR count). The third kappa shape index (κ3) is 6.86. The minimum atomic E-state index is -3.30. The van der Waals surface area contributed by atoms with Crippen molar-refractivity contribution in [2.45, 2.75) is 48.5 Å². The van der Waals surface area contributed by atoms with Gasteiger partial charge >= 0.3 is 0 Å². The van der Waals surface area contributed by atoms with Gasteiger partial charge in [0.25, 0.3) is 0 Å². The van der Waals surface area contributed by atoms with Crippen LogP contribution in [0, 0.1) is 11.8 Å². The number of halogens is 3. The Labute approximate surface area is 256 Å². The van der Waals surface area contributed by atoms with E-state index in [4.69, 9.17) is 44.4 Å². The van der Waals surface area contributed by atoms with Gasteiger partial charge in [0.1, 0.15) is 25.2 Å². The molecule has 0 heterocycles. The molecule has 1 atom stereocenters. The number of benzene rings is 2. The Morgan fingerprint density at radius 1 is 1.12 bits per heavy atom. The van der Waals surface area contributed by atoms with E-state index in [1.165, 1.54) is 13.4 Å². The van der Waals surface area contributed by atoms with E-state index in [9.17, 15) is 13.5 Å². The van der Waals surface area contributed by atoms with Crippen LogP contribution in [0.4, 0.5) is 0 Å². The van der Waals surface area contributed by atoms with E-state index in [2.05, 4.69) is 11.2 Å². The molecule has 0 aromatic heterocycles. The maximum atomic E-state index is 12.0. The molecule has 0 bridgehead atoms. The molecular weight excluding hydrogens is 605 g/mol. The van der Waals surface area contributed by atoms with Gasteiger partial charge < -0.3 is 14.7 Å². The van der Waals surface area contributed by atoms with Gasteiger partial charge in [-0.25, -0.2) is 8.42 Å². The SMILES string of the molecule is CO/N=C(\C(=C\C1CC1)COC1=CCC([C@]2(O)C[C@@H](c3cccc(S(C)(=O)=O)c3)C2)C(Cl)=C1)c1c(Cl)cccc1Cl. The van der Waals surface area contributed by atoms with Crippen molar-refractivity contribution in [3.05, 3.63) is 98.2 Å². The largest absolute Gasteiger partial charge is 0.489 e. The molecule has 0 saturated heterocycles. The molecule has 2 aromatic rings. The highest BCUT2D eigenvalue weighted by Gasteiger charge is 2.50. The van der Waals surface area contributed by atoms with Crippen LogP contribution in [-0.4, -0.2) is 44.8 Å². The highest BCUT2D eigenvalue weighted by atomic mass is 35.5. The van der Waals surface area contributed by atoms with Crippen LogP contribution in [0.3, 0.4) is 0 Å². The first-order valence-corrected chi connectivity index (χ1v) is 16.5. The number of rotatable bonds is 10. The van der Waals surface area contributed by atoms with Gasteiger partial charge in [-0.05, 0) is 85.9 Å². The molecule has 41 heavy (non-hydrogen) atoms. The fourth-order valence-electron chi connectivity index (χ4n) is 5.52. The van der Waals surface area contributed by atoms with Gasteiger partial charge in [-0.3, -0.25) is 0 Å². The first-order valence-electron chi connectivity index (χ1n) is 13.5. The van der Waals surface area contributed by atoms with E-state index in [1.807, 2.05) is 12.1 Å². The number of hydrogen-bond acceptors (Lipinski definition) is 6. The molecule has 0 radical (unpaired) electrons. The van der Waals surface area contributed by atoms with Crippen molar-refractivity contribution in [3.8, 4) is 0 Å². The highest BCUT2D eigenvalue weighted by molar-refractivity contribution is 7.90. The maximum absolute atomic E-state index is 12.0. The lowest BCUT2D eigenvalue weighted by Crippen LogP contribution is -2.49. The van der Waals surface area contributed by atoms with Gasteiger partial charge in [0.05, 0.1) is 20.5 Å². The molecule has 0 aliphatic heterocycles. The van der Waals surface area contributed by atoms with E-state index in [1.54, 1.807) is 42.5 Å². The Balaban J connectivity index is 1.26. The molecule has 6 nitrogen and oxygen atoms in total. The van der Waals surface area contributed by atoms with Crippen LogP contribution in [0.5, 0.6) is 0 Å². The summed E-state index contributed by atoms with van der Waals surface area (Å²) in [6.07, 6.45) is 10.7. The van der Waals surface area contributed by atoms with E-state index < -0.39 is 15.4 Å². The highest BCUT2D eigenvalue weighted by Crippen LogP contribution is 2.53. The van der Waals surface area contributed by atoms with Crippen molar-refractivity contribution in [2.24, 2.45) is 17.0 Å². The topological polar surface area (TPSA) is 85.2 Å². The molecule has 3 aliphatic rings. The van der Waals surface area contributed by atoms with Crippen LogP contribution in [0.1, 0.15) is 49.1 Å². The van der Waals surface area contributed by atoms with Gasteiger partial charge in [0.15, 0.2) is 9.84 Å². The van der Waals surface area contributed by atoms with Crippen molar-refractivity contribution in [1.82, 2.24) is 0 Å². The molecule has 0 amide bonds. The van der Waals surface area contributed by atoms with Crippen LogP contribution < -0.4 is 0 Å². The average Bonchev–Trinajstić information content (AvgIpc) is 3.72. The predicted octanol–water partition coefficient (Wildman–Crippen LogP) is 7.44. The Hall–Kier alpha value is -2.29. The van der Waals surface area contributed by atoms with E-state index >= 15 is 0 Å². The van der Waals surface area contributed by atoms with Crippen LogP contribution in [0.2, 0.25) is 10.0 Å². The minimum Gasteiger partial charge on any atom is -0.489 e. The molecule has 0 spiro atoms. The number of hydrogen-bond donors (Lipinski definition) is 1. The first-order chi connectivity index (χ1) is 19.5. The van der Waals surface area contributed by atoms with E-state index in [-0.39, 0.29) is 23.3 Å². The number of aliphatic hydroxyl groups is 1. The van der Waals surface area contributed by atoms with Crippen molar-refractivity contribution in [2.75, 3.05) is 20.0 Å². The fraction of sp³-hybridized carbons (Fsp3) is 0.387. The van der Waals surface area contributed by atoms with E-state index in [0.717, 1.165) is 24.0 Å². The van der Waals surface area contributed by atoms with E-state index in [0.29, 0.717) is 57.3 Å². The van der Waals surface area contributed by atoms with Gasteiger partial charge in [-0.2, -0.15) is 0 Å². The van der Waals surface area contributed by atoms with Gasteiger partial charge in [0.2, 0.25) is 0 Å². The third-order valence-electron chi connectivity index (χ3n) is 7.91. The molecule has 218 valence electrons. The number of sulfone groups is 1. The van der Waals surface area contributed by atoms with Crippen LogP contribution in [0.25, 0.3) is 0 Å². The molecule has 1 N–H and O–H groups in total. The summed E-state index contributed by atoms with van der Waals surface area (Å²) in [5.74, 6) is 0.841. The molecule has 2 fully saturated rings. The summed E-state index contributed by atoms with van der Waals surface area (Å²) in [5.41, 5.74) is 1.86. The molecule has 1 unspecified atom stereocenters. The Kier molecular flexibility index (Phi) is 8.93. The van der Waals surface area contributed by atoms with Crippen LogP contribution in [0.15, 0.2) is 87.1 Å². The second-order valence-corrected chi connectivity index (χ2v) is 14.3. The molecular formula is C31H32Cl3NO5S. The Morgan fingerprint density at radius 2 is 1.80 bits per heavy atom. The zero-order valence-corrected chi connectivity index (χ0v) is 25.9. The lowest BCUT2D eigenvalue weighted by atomic mass is 9.61. The quantitative estimate of drug-likeness (QED) is 0.217. The van der Waals surface area contributed by atoms with Gasteiger partial charge in [-0.15, -0.1) is 0 Å². The second kappa shape index (κ2) is 12.1. The molecule has 2 aromatic carbocycles. The lowest BCUT2D eigenvalue weighted by Gasteiger charge is -2.49. The zero-order valence-electron chi connectivity index (χ0n) is 22.8. The Bertz CT molecular complexity index is 1530. The summed E-state index contributed by atoms with van der Waals surface area (Å²) in [6.45, 7) is 0.209. The first kappa shape index (κ1) is 30.2. The van der Waals surface area contributed by atoms with Crippen molar-refractivity contribution >= 4 is 50.4 Å². The summed E-state index contributed by atoms with van der Waals surface area (Å²) in [6, 6.07) is 12.2. The summed E-state index contributed by atoms with van der Waals surface area (Å²) in [7, 11) is -1.82. The number of allylic oxidation sites excluding steroid dienone is 3. The summed E-state index contributed by atoms with van der Waals surface area (Å²) in [5, 5.41) is 17.1. The summed E-state index contributed by atoms with van der Waals surface area (Å²) >= 11 is 19.7. The third-order valence-corrected chi connectivity index (χ3v) is 10.0.